The molecule has 0 aliphatic carbocycles. The van der Waals surface area contributed by atoms with Crippen molar-refractivity contribution in [3.05, 3.63) is 182 Å². The first-order valence-corrected chi connectivity index (χ1v) is 16.9. The Kier molecular flexibility index (Phi) is 4.43. The Hall–Kier alpha value is -6.70. The molecule has 0 fully saturated rings. The van der Waals surface area contributed by atoms with Crippen LogP contribution in [-0.2, 0) is 0 Å². The molecule has 0 bridgehead atoms. The van der Waals surface area contributed by atoms with Crippen molar-refractivity contribution in [2.75, 3.05) is 0 Å². The van der Waals surface area contributed by atoms with Crippen LogP contribution in [0.2, 0.25) is 0 Å². The Bertz CT molecular complexity index is 3660. The van der Waals surface area contributed by atoms with Gasteiger partial charge in [-0.25, -0.2) is 0 Å². The van der Waals surface area contributed by atoms with Crippen LogP contribution >= 0.6 is 0 Å². The Balaban J connectivity index is 1.30. The molecule has 0 spiro atoms. The second-order valence-corrected chi connectivity index (χ2v) is 12.9. The highest BCUT2D eigenvalue weighted by Crippen LogP contribution is 2.48. The summed E-state index contributed by atoms with van der Waals surface area (Å²) < 4.78 is 86.6. The molecule has 1 heterocycles. The van der Waals surface area contributed by atoms with Gasteiger partial charge in [-0.2, -0.15) is 0 Å². The molecule has 51 heavy (non-hydrogen) atoms. The monoisotopic (exact) mass is 655 g/mol. The maximum Gasteiger partial charge on any atom is 0.136 e. The summed E-state index contributed by atoms with van der Waals surface area (Å²) in [6, 6.07) is 39.7. The molecule has 0 unspecified atom stereocenters. The SMILES string of the molecule is [2H]c1c([2H])c(-c2cc(-c3c4ccccc4c(-c4cccc5ccccc45)c4ccccc34)cc3ccccc23)c2c(oc3c([2H])c4c([2H])c([2H])c([2H])c([2H])c4c([2H])c32)c1[2H]. The molecule has 1 nitrogen and oxygen atoms in total. The Morgan fingerprint density at radius 2 is 0.961 bits per heavy atom. The van der Waals surface area contributed by atoms with Crippen LogP contribution in [0.5, 0.6) is 0 Å². The quantitative estimate of drug-likeness (QED) is 0.173. The van der Waals surface area contributed by atoms with Crippen LogP contribution in [0.3, 0.4) is 0 Å². The predicted octanol–water partition coefficient (Wildman–Crippen LogP) is 14.4. The average Bonchev–Trinajstić information content (AvgIpc) is 3.68. The highest BCUT2D eigenvalue weighted by Gasteiger charge is 2.21. The van der Waals surface area contributed by atoms with Crippen molar-refractivity contribution in [2.45, 2.75) is 0 Å². The van der Waals surface area contributed by atoms with Gasteiger partial charge in [-0.1, -0.05) is 152 Å². The molecule has 11 aromatic rings. The standard InChI is InChI=1S/C50H30O/c1-2-15-33-30-47-45(28-32(33)14-1)50-43(25-12-26-46(50)51-47)44-29-35(27-34-16-4-6-19-37(34)44)48-39-20-7-9-22-41(39)49(42-23-10-8-21-40(42)48)38-24-11-17-31-13-3-5-18-36(31)38/h1-30H/i1D,2D,12D,14D,15D,25D,26D,28D,30D. The van der Waals surface area contributed by atoms with Crippen molar-refractivity contribution in [1.82, 2.24) is 0 Å². The Morgan fingerprint density at radius 1 is 0.373 bits per heavy atom. The highest BCUT2D eigenvalue weighted by atomic mass is 16.3. The summed E-state index contributed by atoms with van der Waals surface area (Å²) in [6.07, 6.45) is 0. The van der Waals surface area contributed by atoms with E-state index in [0.717, 1.165) is 65.3 Å². The molecule has 1 heteroatoms. The van der Waals surface area contributed by atoms with Crippen LogP contribution in [0.4, 0.5) is 0 Å². The van der Waals surface area contributed by atoms with Gasteiger partial charge in [-0.15, -0.1) is 0 Å². The fourth-order valence-electron chi connectivity index (χ4n) is 7.95. The van der Waals surface area contributed by atoms with Gasteiger partial charge in [0.05, 0.1) is 12.3 Å². The lowest BCUT2D eigenvalue weighted by molar-refractivity contribution is 0.669. The van der Waals surface area contributed by atoms with Crippen LogP contribution < -0.4 is 0 Å². The lowest BCUT2D eigenvalue weighted by atomic mass is 9.83. The first-order valence-electron chi connectivity index (χ1n) is 21.4. The van der Waals surface area contributed by atoms with Gasteiger partial charge in [0, 0.05) is 10.8 Å². The van der Waals surface area contributed by atoms with E-state index in [1.165, 1.54) is 0 Å². The van der Waals surface area contributed by atoms with E-state index in [9.17, 15) is 4.11 Å². The third kappa shape index (κ3) is 4.22. The summed E-state index contributed by atoms with van der Waals surface area (Å²) in [5, 5.41) is 7.96. The van der Waals surface area contributed by atoms with Crippen molar-refractivity contribution in [3.63, 3.8) is 0 Å². The molecule has 0 saturated heterocycles. The van der Waals surface area contributed by atoms with E-state index in [0.29, 0.717) is 5.56 Å². The summed E-state index contributed by atoms with van der Waals surface area (Å²) >= 11 is 0. The highest BCUT2D eigenvalue weighted by molar-refractivity contribution is 6.25. The molecule has 0 aliphatic rings. The van der Waals surface area contributed by atoms with Crippen LogP contribution in [-0.4, -0.2) is 0 Å². The van der Waals surface area contributed by atoms with Gasteiger partial charge in [-0.05, 0) is 118 Å². The first kappa shape index (κ1) is 20.7. The molecule has 0 aliphatic heterocycles. The summed E-state index contributed by atoms with van der Waals surface area (Å²) in [7, 11) is 0. The van der Waals surface area contributed by atoms with Gasteiger partial charge in [0.15, 0.2) is 0 Å². The molecule has 10 aromatic carbocycles. The molecule has 0 saturated carbocycles. The van der Waals surface area contributed by atoms with Crippen molar-refractivity contribution in [3.8, 4) is 33.4 Å². The summed E-state index contributed by atoms with van der Waals surface area (Å²) in [4.78, 5) is 0. The normalized spacial score (nSPS) is 14.4. The lowest BCUT2D eigenvalue weighted by Gasteiger charge is -2.20. The van der Waals surface area contributed by atoms with Crippen LogP contribution in [0.15, 0.2) is 186 Å². The van der Waals surface area contributed by atoms with E-state index in [4.69, 9.17) is 12.6 Å². The van der Waals surface area contributed by atoms with Gasteiger partial charge < -0.3 is 4.42 Å². The molecular weight excluding hydrogens is 617 g/mol. The van der Waals surface area contributed by atoms with Crippen molar-refractivity contribution in [2.24, 2.45) is 0 Å². The van der Waals surface area contributed by atoms with Crippen LogP contribution in [0.25, 0.3) is 109 Å². The Labute approximate surface area is 307 Å². The molecule has 11 rings (SSSR count). The van der Waals surface area contributed by atoms with E-state index in [2.05, 4.69) is 78.9 Å². The maximum absolute atomic E-state index is 9.52. The zero-order valence-electron chi connectivity index (χ0n) is 36.0. The number of benzene rings is 10. The topological polar surface area (TPSA) is 13.1 Å². The van der Waals surface area contributed by atoms with Gasteiger partial charge >= 0.3 is 0 Å². The number of furan rings is 1. The zero-order chi connectivity index (χ0) is 41.3. The second-order valence-electron chi connectivity index (χ2n) is 12.9. The minimum absolute atomic E-state index is 0.0503. The van der Waals surface area contributed by atoms with Gasteiger partial charge in [0.25, 0.3) is 0 Å². The third-order valence-electron chi connectivity index (χ3n) is 10.1. The average molecular weight is 656 g/mol. The minimum atomic E-state index is -0.534. The maximum atomic E-state index is 9.52. The number of fused-ring (bicyclic) bond motifs is 8. The van der Waals surface area contributed by atoms with Crippen LogP contribution in [0, 0.1) is 0 Å². The molecule has 1 aromatic heterocycles. The van der Waals surface area contributed by atoms with Gasteiger partial charge in [0.2, 0.25) is 0 Å². The van der Waals surface area contributed by atoms with Gasteiger partial charge in [0.1, 0.15) is 11.2 Å². The lowest BCUT2D eigenvalue weighted by Crippen LogP contribution is -1.92. The smallest absolute Gasteiger partial charge is 0.136 e. The largest absolute Gasteiger partial charge is 0.456 e. The van der Waals surface area contributed by atoms with Gasteiger partial charge in [-0.3, -0.25) is 0 Å². The fourth-order valence-corrected chi connectivity index (χ4v) is 7.95. The van der Waals surface area contributed by atoms with E-state index in [1.54, 1.807) is 0 Å². The fraction of sp³-hybridized carbons (Fsp3) is 0. The molecule has 0 atom stereocenters. The molecule has 0 N–H and O–H groups in total. The van der Waals surface area contributed by atoms with Crippen molar-refractivity contribution in [1.29, 1.82) is 0 Å². The Morgan fingerprint density at radius 3 is 1.69 bits per heavy atom. The number of hydrogen-bond donors (Lipinski definition) is 0. The first-order chi connectivity index (χ1) is 29.1. The molecule has 236 valence electrons. The van der Waals surface area contributed by atoms with Crippen LogP contribution in [0.1, 0.15) is 12.3 Å². The number of hydrogen-bond acceptors (Lipinski definition) is 1. The van der Waals surface area contributed by atoms with E-state index >= 15 is 0 Å². The van der Waals surface area contributed by atoms with E-state index in [1.807, 2.05) is 48.5 Å². The zero-order valence-corrected chi connectivity index (χ0v) is 27.0. The van der Waals surface area contributed by atoms with E-state index < -0.39 is 30.2 Å². The molecule has 0 radical (unpaired) electrons. The molecule has 0 amide bonds. The summed E-state index contributed by atoms with van der Waals surface area (Å²) in [5.74, 6) is 0. The second kappa shape index (κ2) is 10.9. The summed E-state index contributed by atoms with van der Waals surface area (Å²) in [5.41, 5.74) is 4.60. The predicted molar refractivity (Wildman–Crippen MR) is 218 cm³/mol. The third-order valence-corrected chi connectivity index (χ3v) is 10.1. The van der Waals surface area contributed by atoms with E-state index in [-0.39, 0.29) is 62.4 Å². The molecular formula is C50H30O. The minimum Gasteiger partial charge on any atom is -0.456 e. The van der Waals surface area contributed by atoms with Crippen molar-refractivity contribution < 1.29 is 16.8 Å². The number of rotatable bonds is 3. The van der Waals surface area contributed by atoms with Crippen molar-refractivity contribution >= 4 is 75.8 Å². The summed E-state index contributed by atoms with van der Waals surface area (Å²) in [6.45, 7) is 0.